The number of piperidine rings is 1. The Morgan fingerprint density at radius 1 is 1.40 bits per heavy atom. The monoisotopic (exact) mass is 343 g/mol. The predicted octanol–water partition coefficient (Wildman–Crippen LogP) is 2.01. The Labute approximate surface area is 145 Å². The van der Waals surface area contributed by atoms with Crippen molar-refractivity contribution in [3.63, 3.8) is 0 Å². The zero-order valence-electron chi connectivity index (χ0n) is 14.6. The van der Waals surface area contributed by atoms with Crippen molar-refractivity contribution < 1.29 is 9.53 Å². The Kier molecular flexibility index (Phi) is 4.25. The van der Waals surface area contributed by atoms with E-state index in [2.05, 4.69) is 16.2 Å². The van der Waals surface area contributed by atoms with Gasteiger partial charge in [0.15, 0.2) is 5.65 Å². The number of nitrogens with zero attached hydrogens (tertiary/aromatic N) is 4. The second kappa shape index (κ2) is 6.24. The van der Waals surface area contributed by atoms with Gasteiger partial charge in [-0.05, 0) is 33.6 Å². The average Bonchev–Trinajstić information content (AvgIpc) is 2.93. The number of hydrogen-bond acceptors (Lipinski definition) is 5. The van der Waals surface area contributed by atoms with Crippen molar-refractivity contribution in [3.05, 3.63) is 33.9 Å². The van der Waals surface area contributed by atoms with Crippen LogP contribution in [0.15, 0.2) is 17.1 Å². The molecule has 3 rings (SSSR count). The highest BCUT2D eigenvalue weighted by Crippen LogP contribution is 2.30. The number of nitrogens with one attached hydrogen (secondary N) is 1. The van der Waals surface area contributed by atoms with E-state index in [0.29, 0.717) is 42.8 Å². The van der Waals surface area contributed by atoms with Crippen LogP contribution in [-0.4, -0.2) is 44.3 Å². The van der Waals surface area contributed by atoms with Crippen molar-refractivity contribution in [2.45, 2.75) is 45.1 Å². The summed E-state index contributed by atoms with van der Waals surface area (Å²) in [5.41, 5.74) is 0.630. The lowest BCUT2D eigenvalue weighted by atomic mass is 9.91. The van der Waals surface area contributed by atoms with Crippen molar-refractivity contribution >= 4 is 11.7 Å². The van der Waals surface area contributed by atoms with Gasteiger partial charge in [0.25, 0.3) is 5.56 Å². The number of hydrogen-bond donors (Lipinski definition) is 1. The van der Waals surface area contributed by atoms with E-state index in [1.807, 2.05) is 20.8 Å². The lowest BCUT2D eigenvalue weighted by Gasteiger charge is -2.32. The lowest BCUT2D eigenvalue weighted by molar-refractivity contribution is 0.0204. The molecule has 1 fully saturated rings. The molecule has 0 spiro atoms. The van der Waals surface area contributed by atoms with Crippen molar-refractivity contribution in [2.75, 3.05) is 13.1 Å². The van der Waals surface area contributed by atoms with Crippen molar-refractivity contribution in [1.82, 2.24) is 19.5 Å². The number of nitriles is 1. The summed E-state index contributed by atoms with van der Waals surface area (Å²) in [7, 11) is 0. The average molecular weight is 343 g/mol. The van der Waals surface area contributed by atoms with Crippen molar-refractivity contribution in [1.29, 1.82) is 5.26 Å². The molecule has 0 saturated carbocycles. The molecule has 1 aliphatic rings. The SMILES string of the molecule is CC(C)(C)OC(=O)N1CCC(c2nn3c(=O)cc[nH]c3c2C#N)CC1. The molecule has 3 heterocycles. The summed E-state index contributed by atoms with van der Waals surface area (Å²) in [6, 6.07) is 3.52. The van der Waals surface area contributed by atoms with Gasteiger partial charge in [0, 0.05) is 31.3 Å². The van der Waals surface area contributed by atoms with Crippen LogP contribution in [0.1, 0.15) is 50.8 Å². The molecule has 1 saturated heterocycles. The minimum Gasteiger partial charge on any atom is -0.444 e. The van der Waals surface area contributed by atoms with Gasteiger partial charge in [-0.3, -0.25) is 4.79 Å². The summed E-state index contributed by atoms with van der Waals surface area (Å²) in [5.74, 6) is 0.0287. The third kappa shape index (κ3) is 3.36. The van der Waals surface area contributed by atoms with Crippen LogP contribution in [0.2, 0.25) is 0 Å². The molecule has 2 aromatic heterocycles. The smallest absolute Gasteiger partial charge is 0.410 e. The number of H-pyrrole nitrogens is 1. The van der Waals surface area contributed by atoms with Crippen LogP contribution in [-0.2, 0) is 4.74 Å². The van der Waals surface area contributed by atoms with Crippen LogP contribution >= 0.6 is 0 Å². The van der Waals surface area contributed by atoms with E-state index in [-0.39, 0.29) is 17.6 Å². The molecular formula is C17H21N5O3. The fourth-order valence-electron chi connectivity index (χ4n) is 3.05. The summed E-state index contributed by atoms with van der Waals surface area (Å²) >= 11 is 0. The number of carbonyl (C=O) groups excluding carboxylic acids is 1. The summed E-state index contributed by atoms with van der Waals surface area (Å²) in [6.07, 6.45) is 2.53. The number of carbonyl (C=O) groups is 1. The zero-order chi connectivity index (χ0) is 18.2. The predicted molar refractivity (Wildman–Crippen MR) is 90.3 cm³/mol. The van der Waals surface area contributed by atoms with Gasteiger partial charge in [-0.15, -0.1) is 0 Å². The maximum absolute atomic E-state index is 12.2. The largest absolute Gasteiger partial charge is 0.444 e. The number of ether oxygens (including phenoxy) is 1. The Bertz CT molecular complexity index is 892. The number of aromatic amines is 1. The molecule has 0 aliphatic carbocycles. The van der Waals surface area contributed by atoms with Crippen molar-refractivity contribution in [2.24, 2.45) is 0 Å². The molecule has 0 aromatic carbocycles. The molecule has 1 aliphatic heterocycles. The second-order valence-electron chi connectivity index (χ2n) is 7.19. The van der Waals surface area contributed by atoms with E-state index in [9.17, 15) is 14.9 Å². The normalized spacial score (nSPS) is 16.0. The van der Waals surface area contributed by atoms with Gasteiger partial charge >= 0.3 is 6.09 Å². The third-order valence-electron chi connectivity index (χ3n) is 4.21. The molecule has 2 aromatic rings. The van der Waals surface area contributed by atoms with Crippen LogP contribution < -0.4 is 5.56 Å². The first kappa shape index (κ1) is 17.0. The first-order chi connectivity index (χ1) is 11.8. The highest BCUT2D eigenvalue weighted by atomic mass is 16.6. The van der Waals surface area contributed by atoms with E-state index >= 15 is 0 Å². The summed E-state index contributed by atoms with van der Waals surface area (Å²) < 4.78 is 6.63. The first-order valence-corrected chi connectivity index (χ1v) is 8.28. The molecular weight excluding hydrogens is 322 g/mol. The molecule has 0 bridgehead atoms. The van der Waals surface area contributed by atoms with Crippen LogP contribution in [0, 0.1) is 11.3 Å². The molecule has 8 heteroatoms. The van der Waals surface area contributed by atoms with Gasteiger partial charge in [0.2, 0.25) is 0 Å². The third-order valence-corrected chi connectivity index (χ3v) is 4.21. The van der Waals surface area contributed by atoms with E-state index in [1.54, 1.807) is 4.90 Å². The highest BCUT2D eigenvalue weighted by molar-refractivity contribution is 5.68. The fraction of sp³-hybridized carbons (Fsp3) is 0.529. The highest BCUT2D eigenvalue weighted by Gasteiger charge is 2.30. The van der Waals surface area contributed by atoms with Crippen LogP contribution in [0.3, 0.4) is 0 Å². The molecule has 1 N–H and O–H groups in total. The van der Waals surface area contributed by atoms with E-state index < -0.39 is 5.60 Å². The van der Waals surface area contributed by atoms with E-state index in [4.69, 9.17) is 4.74 Å². The number of fused-ring (bicyclic) bond motifs is 1. The molecule has 132 valence electrons. The van der Waals surface area contributed by atoms with Crippen molar-refractivity contribution in [3.8, 4) is 6.07 Å². The number of rotatable bonds is 1. The standard InChI is InChI=1S/C17H21N5O3/c1-17(2,3)25-16(24)21-8-5-11(6-9-21)14-12(10-18)15-19-7-4-13(23)22(15)20-14/h4,7,11,19H,5-6,8-9H2,1-3H3. The number of likely N-dealkylation sites (tertiary alicyclic amines) is 1. The molecule has 1 amide bonds. The molecule has 0 atom stereocenters. The minimum absolute atomic E-state index is 0.0287. The van der Waals surface area contributed by atoms with Gasteiger partial charge < -0.3 is 14.6 Å². The molecule has 25 heavy (non-hydrogen) atoms. The lowest BCUT2D eigenvalue weighted by Crippen LogP contribution is -2.41. The Morgan fingerprint density at radius 3 is 2.68 bits per heavy atom. The Hall–Kier alpha value is -2.82. The van der Waals surface area contributed by atoms with E-state index in [1.165, 1.54) is 16.8 Å². The van der Waals surface area contributed by atoms with Gasteiger partial charge in [-0.1, -0.05) is 0 Å². The maximum Gasteiger partial charge on any atom is 0.410 e. The Balaban J connectivity index is 1.79. The zero-order valence-corrected chi connectivity index (χ0v) is 14.6. The van der Waals surface area contributed by atoms with E-state index in [0.717, 1.165) is 0 Å². The summed E-state index contributed by atoms with van der Waals surface area (Å²) in [4.78, 5) is 28.7. The summed E-state index contributed by atoms with van der Waals surface area (Å²) in [6.45, 7) is 6.58. The van der Waals surface area contributed by atoms with Gasteiger partial charge in [0.05, 0.1) is 5.69 Å². The maximum atomic E-state index is 12.2. The van der Waals surface area contributed by atoms with Crippen LogP contribution in [0.4, 0.5) is 4.79 Å². The van der Waals surface area contributed by atoms with Crippen LogP contribution in [0.25, 0.3) is 5.65 Å². The quantitative estimate of drug-likeness (QED) is 0.853. The summed E-state index contributed by atoms with van der Waals surface area (Å²) in [5, 5.41) is 13.8. The topological polar surface area (TPSA) is 103 Å². The Morgan fingerprint density at radius 2 is 2.08 bits per heavy atom. The van der Waals surface area contributed by atoms with Crippen LogP contribution in [0.5, 0.6) is 0 Å². The first-order valence-electron chi connectivity index (χ1n) is 8.28. The molecule has 0 radical (unpaired) electrons. The second-order valence-corrected chi connectivity index (χ2v) is 7.19. The molecule has 0 unspecified atom stereocenters. The van der Waals surface area contributed by atoms with Gasteiger partial charge in [-0.2, -0.15) is 14.9 Å². The minimum atomic E-state index is -0.524. The number of amides is 1. The van der Waals surface area contributed by atoms with Gasteiger partial charge in [-0.25, -0.2) is 4.79 Å². The fourth-order valence-corrected chi connectivity index (χ4v) is 3.05. The number of aromatic nitrogens is 3. The van der Waals surface area contributed by atoms with Gasteiger partial charge in [0.1, 0.15) is 17.2 Å². The molecule has 8 nitrogen and oxygen atoms in total.